The van der Waals surface area contributed by atoms with Gasteiger partial charge in [-0.2, -0.15) is 0 Å². The summed E-state index contributed by atoms with van der Waals surface area (Å²) in [5.74, 6) is 0.603. The van der Waals surface area contributed by atoms with Gasteiger partial charge in [0.1, 0.15) is 5.82 Å². The molecule has 1 saturated carbocycles. The molecule has 1 N–H and O–H groups in total. The minimum Gasteiger partial charge on any atom is -0.382 e. The molecule has 0 radical (unpaired) electrons. The lowest BCUT2D eigenvalue weighted by Gasteiger charge is -2.29. The minimum atomic E-state index is -0.276. The highest BCUT2D eigenvalue weighted by Gasteiger charge is 2.19. The number of benzene rings is 1. The summed E-state index contributed by atoms with van der Waals surface area (Å²) in [6.45, 7) is 2.25. The van der Waals surface area contributed by atoms with E-state index in [-0.39, 0.29) is 5.82 Å². The molecular formula is C14H19ClFN. The van der Waals surface area contributed by atoms with E-state index in [1.807, 2.05) is 0 Å². The predicted molar refractivity (Wildman–Crippen MR) is 71.1 cm³/mol. The number of hydrogen-bond donors (Lipinski definition) is 1. The molecule has 0 unspecified atom stereocenters. The Hall–Kier alpha value is -0.760. The lowest BCUT2D eigenvalue weighted by Crippen LogP contribution is -2.25. The molecule has 1 aromatic rings. The zero-order valence-corrected chi connectivity index (χ0v) is 10.9. The van der Waals surface area contributed by atoms with Gasteiger partial charge in [0.05, 0.1) is 0 Å². The fourth-order valence-electron chi connectivity index (χ4n) is 2.59. The van der Waals surface area contributed by atoms with Crippen molar-refractivity contribution in [3.05, 3.63) is 29.0 Å². The van der Waals surface area contributed by atoms with Gasteiger partial charge < -0.3 is 5.32 Å². The summed E-state index contributed by atoms with van der Waals surface area (Å²) in [5, 5.41) is 3.84. The van der Waals surface area contributed by atoms with Crippen LogP contribution in [-0.4, -0.2) is 6.04 Å². The van der Waals surface area contributed by atoms with Crippen molar-refractivity contribution in [1.82, 2.24) is 0 Å². The normalized spacial score (nSPS) is 24.6. The fourth-order valence-corrected chi connectivity index (χ4v) is 2.81. The third-order valence-corrected chi connectivity index (χ3v) is 3.88. The molecule has 0 heterocycles. The molecule has 1 fully saturated rings. The van der Waals surface area contributed by atoms with Crippen LogP contribution in [-0.2, 0) is 0 Å². The fraction of sp³-hybridized carbons (Fsp3) is 0.571. The SMILES string of the molecule is CCC1CCC(Nc2cc(F)cc(Cl)c2)CC1. The van der Waals surface area contributed by atoms with Gasteiger partial charge in [0.2, 0.25) is 0 Å². The first-order chi connectivity index (χ1) is 8.17. The second-order valence-corrected chi connectivity index (χ2v) is 5.36. The van der Waals surface area contributed by atoms with Gasteiger partial charge in [0.15, 0.2) is 0 Å². The van der Waals surface area contributed by atoms with Crippen LogP contribution in [0, 0.1) is 11.7 Å². The van der Waals surface area contributed by atoms with E-state index in [0.29, 0.717) is 11.1 Å². The molecule has 1 nitrogen and oxygen atoms in total. The maximum absolute atomic E-state index is 13.2. The maximum Gasteiger partial charge on any atom is 0.126 e. The smallest absolute Gasteiger partial charge is 0.126 e. The summed E-state index contributed by atoms with van der Waals surface area (Å²) in [5.41, 5.74) is 0.801. The van der Waals surface area contributed by atoms with Crippen molar-refractivity contribution in [3.63, 3.8) is 0 Å². The number of nitrogens with one attached hydrogen (secondary N) is 1. The molecule has 1 aromatic carbocycles. The van der Waals surface area contributed by atoms with Crippen LogP contribution in [0.1, 0.15) is 39.0 Å². The van der Waals surface area contributed by atoms with Crippen molar-refractivity contribution in [1.29, 1.82) is 0 Å². The molecular weight excluding hydrogens is 237 g/mol. The Balaban J connectivity index is 1.93. The standard InChI is InChI=1S/C14H19ClFN/c1-2-10-3-5-13(6-4-10)17-14-8-11(15)7-12(16)9-14/h7-10,13,17H,2-6H2,1H3. The second-order valence-electron chi connectivity index (χ2n) is 4.93. The molecule has 1 aliphatic rings. The Morgan fingerprint density at radius 2 is 1.94 bits per heavy atom. The lowest BCUT2D eigenvalue weighted by atomic mass is 9.84. The quantitative estimate of drug-likeness (QED) is 0.813. The van der Waals surface area contributed by atoms with Gasteiger partial charge in [-0.3, -0.25) is 0 Å². The van der Waals surface area contributed by atoms with Crippen LogP contribution in [0.3, 0.4) is 0 Å². The molecule has 0 spiro atoms. The van der Waals surface area contributed by atoms with Crippen molar-refractivity contribution in [3.8, 4) is 0 Å². The van der Waals surface area contributed by atoms with E-state index in [2.05, 4.69) is 12.2 Å². The Labute approximate surface area is 107 Å². The summed E-state index contributed by atoms with van der Waals surface area (Å²) < 4.78 is 13.2. The molecule has 2 rings (SSSR count). The molecule has 3 heteroatoms. The van der Waals surface area contributed by atoms with Gasteiger partial charge >= 0.3 is 0 Å². The van der Waals surface area contributed by atoms with Crippen molar-refractivity contribution < 1.29 is 4.39 Å². The molecule has 0 saturated heterocycles. The highest BCUT2D eigenvalue weighted by atomic mass is 35.5. The van der Waals surface area contributed by atoms with E-state index in [1.165, 1.54) is 44.2 Å². The van der Waals surface area contributed by atoms with Crippen LogP contribution in [0.5, 0.6) is 0 Å². The van der Waals surface area contributed by atoms with E-state index in [4.69, 9.17) is 11.6 Å². The highest BCUT2D eigenvalue weighted by molar-refractivity contribution is 6.30. The van der Waals surface area contributed by atoms with Crippen molar-refractivity contribution in [2.24, 2.45) is 5.92 Å². The van der Waals surface area contributed by atoms with Gasteiger partial charge in [0, 0.05) is 16.8 Å². The summed E-state index contributed by atoms with van der Waals surface area (Å²) >= 11 is 5.83. The summed E-state index contributed by atoms with van der Waals surface area (Å²) in [6, 6.07) is 5.10. The van der Waals surface area contributed by atoms with Crippen LogP contribution in [0.2, 0.25) is 5.02 Å². The number of anilines is 1. The molecule has 17 heavy (non-hydrogen) atoms. The number of hydrogen-bond acceptors (Lipinski definition) is 1. The third-order valence-electron chi connectivity index (χ3n) is 3.66. The average molecular weight is 256 g/mol. The van der Waals surface area contributed by atoms with Crippen molar-refractivity contribution in [2.45, 2.75) is 45.1 Å². The molecule has 0 atom stereocenters. The molecule has 0 aliphatic heterocycles. The van der Waals surface area contributed by atoms with Gasteiger partial charge in [-0.25, -0.2) is 4.39 Å². The molecule has 94 valence electrons. The van der Waals surface area contributed by atoms with Crippen LogP contribution >= 0.6 is 11.6 Å². The van der Waals surface area contributed by atoms with E-state index < -0.39 is 0 Å². The zero-order chi connectivity index (χ0) is 12.3. The Morgan fingerprint density at radius 3 is 2.53 bits per heavy atom. The minimum absolute atomic E-state index is 0.276. The molecule has 0 bridgehead atoms. The first-order valence-corrected chi connectivity index (χ1v) is 6.78. The van der Waals surface area contributed by atoms with Crippen molar-refractivity contribution >= 4 is 17.3 Å². The average Bonchev–Trinajstić information content (AvgIpc) is 2.28. The van der Waals surface area contributed by atoms with Crippen LogP contribution in [0.25, 0.3) is 0 Å². The summed E-state index contributed by atoms with van der Waals surface area (Å²) in [6.07, 6.45) is 6.17. The van der Waals surface area contributed by atoms with Gasteiger partial charge in [-0.1, -0.05) is 24.9 Å². The maximum atomic E-state index is 13.2. The van der Waals surface area contributed by atoms with Crippen LogP contribution in [0.15, 0.2) is 18.2 Å². The van der Waals surface area contributed by atoms with E-state index >= 15 is 0 Å². The topological polar surface area (TPSA) is 12.0 Å². The molecule has 1 aliphatic carbocycles. The Morgan fingerprint density at radius 1 is 1.24 bits per heavy atom. The Kier molecular flexibility index (Phi) is 4.27. The first-order valence-electron chi connectivity index (χ1n) is 6.40. The monoisotopic (exact) mass is 255 g/mol. The van der Waals surface area contributed by atoms with E-state index in [1.54, 1.807) is 6.07 Å². The summed E-state index contributed by atoms with van der Waals surface area (Å²) in [7, 11) is 0. The van der Waals surface area contributed by atoms with Crippen LogP contribution < -0.4 is 5.32 Å². The van der Waals surface area contributed by atoms with E-state index in [9.17, 15) is 4.39 Å². The lowest BCUT2D eigenvalue weighted by molar-refractivity contribution is 0.330. The number of rotatable bonds is 3. The highest BCUT2D eigenvalue weighted by Crippen LogP contribution is 2.29. The van der Waals surface area contributed by atoms with Gasteiger partial charge in [-0.05, 0) is 49.8 Å². The summed E-state index contributed by atoms with van der Waals surface area (Å²) in [4.78, 5) is 0. The predicted octanol–water partition coefficient (Wildman–Crippen LogP) is 4.86. The van der Waals surface area contributed by atoms with E-state index in [0.717, 1.165) is 11.6 Å². The molecule has 0 amide bonds. The van der Waals surface area contributed by atoms with Gasteiger partial charge in [0.25, 0.3) is 0 Å². The first kappa shape index (κ1) is 12.7. The zero-order valence-electron chi connectivity index (χ0n) is 10.2. The second kappa shape index (κ2) is 5.72. The van der Waals surface area contributed by atoms with Crippen LogP contribution in [0.4, 0.5) is 10.1 Å². The van der Waals surface area contributed by atoms with Gasteiger partial charge in [-0.15, -0.1) is 0 Å². The van der Waals surface area contributed by atoms with Crippen molar-refractivity contribution in [2.75, 3.05) is 5.32 Å². The Bertz CT molecular complexity index is 352. The molecule has 0 aromatic heterocycles. The largest absolute Gasteiger partial charge is 0.382 e. The number of halogens is 2. The third kappa shape index (κ3) is 3.60.